The third-order valence-corrected chi connectivity index (χ3v) is 2.51. The maximum atomic E-state index is 9.52. The molecule has 1 aliphatic rings. The molecule has 0 amide bonds. The molecule has 0 spiro atoms. The van der Waals surface area contributed by atoms with Gasteiger partial charge in [0.2, 0.25) is 0 Å². The van der Waals surface area contributed by atoms with Crippen LogP contribution in [0.3, 0.4) is 0 Å². The molecule has 3 heteroatoms. The molecule has 1 atom stereocenters. The smallest absolute Gasteiger partial charge is 0.129 e. The molecular formula is C12H16O3. The van der Waals surface area contributed by atoms with Gasteiger partial charge in [-0.2, -0.15) is 0 Å². The Labute approximate surface area is 89.6 Å². The molecule has 2 rings (SSSR count). The lowest BCUT2D eigenvalue weighted by atomic mass is 10.1. The Morgan fingerprint density at radius 2 is 2.40 bits per heavy atom. The number of aliphatic hydroxyl groups is 1. The molecule has 1 aromatic rings. The van der Waals surface area contributed by atoms with E-state index >= 15 is 0 Å². The molecule has 1 N–H and O–H groups in total. The minimum Gasteiger partial charge on any atom is -0.493 e. The Kier molecular flexibility index (Phi) is 3.11. The molecule has 1 heterocycles. The third-order valence-electron chi connectivity index (χ3n) is 2.51. The molecule has 15 heavy (non-hydrogen) atoms. The van der Waals surface area contributed by atoms with E-state index in [4.69, 9.17) is 9.47 Å². The van der Waals surface area contributed by atoms with Crippen molar-refractivity contribution in [3.63, 3.8) is 0 Å². The van der Waals surface area contributed by atoms with Crippen molar-refractivity contribution in [3.8, 4) is 11.5 Å². The van der Waals surface area contributed by atoms with Crippen molar-refractivity contribution in [2.24, 2.45) is 0 Å². The van der Waals surface area contributed by atoms with Crippen LogP contribution in [0, 0.1) is 0 Å². The molecule has 0 fully saturated rings. The number of hydrogen-bond acceptors (Lipinski definition) is 3. The molecule has 0 aliphatic carbocycles. The molecule has 82 valence electrons. The topological polar surface area (TPSA) is 38.7 Å². The van der Waals surface area contributed by atoms with Crippen LogP contribution in [0.15, 0.2) is 18.2 Å². The van der Waals surface area contributed by atoms with E-state index < -0.39 is 6.10 Å². The van der Waals surface area contributed by atoms with Crippen molar-refractivity contribution in [2.45, 2.75) is 25.9 Å². The fraction of sp³-hybridized carbons (Fsp3) is 0.500. The van der Waals surface area contributed by atoms with E-state index in [1.165, 1.54) is 0 Å². The van der Waals surface area contributed by atoms with Crippen LogP contribution in [0.2, 0.25) is 0 Å². The van der Waals surface area contributed by atoms with Gasteiger partial charge in [-0.15, -0.1) is 0 Å². The Bertz CT molecular complexity index is 336. The molecule has 1 aliphatic heterocycles. The Morgan fingerprint density at radius 1 is 1.53 bits per heavy atom. The van der Waals surface area contributed by atoms with E-state index in [9.17, 15) is 5.11 Å². The summed E-state index contributed by atoms with van der Waals surface area (Å²) in [5.74, 6) is 1.56. The summed E-state index contributed by atoms with van der Waals surface area (Å²) in [5.41, 5.74) is 0.859. The summed E-state index contributed by atoms with van der Waals surface area (Å²) < 4.78 is 10.9. The van der Waals surface area contributed by atoms with Crippen LogP contribution >= 0.6 is 0 Å². The molecule has 1 aromatic carbocycles. The van der Waals surface area contributed by atoms with E-state index in [-0.39, 0.29) is 0 Å². The van der Waals surface area contributed by atoms with Crippen LogP contribution in [-0.2, 0) is 0 Å². The van der Waals surface area contributed by atoms with Crippen molar-refractivity contribution in [2.75, 3.05) is 13.2 Å². The highest BCUT2D eigenvalue weighted by atomic mass is 16.5. The summed E-state index contributed by atoms with van der Waals surface area (Å²) in [5, 5.41) is 9.52. The second-order valence-electron chi connectivity index (χ2n) is 3.73. The Balaban J connectivity index is 2.03. The van der Waals surface area contributed by atoms with Crippen molar-refractivity contribution in [1.29, 1.82) is 0 Å². The first-order valence-electron chi connectivity index (χ1n) is 5.39. The third kappa shape index (κ3) is 2.23. The number of fused-ring (bicyclic) bond motifs is 1. The molecule has 0 saturated heterocycles. The fourth-order valence-electron chi connectivity index (χ4n) is 1.60. The first kappa shape index (κ1) is 10.3. The van der Waals surface area contributed by atoms with Crippen molar-refractivity contribution in [3.05, 3.63) is 23.8 Å². The van der Waals surface area contributed by atoms with Crippen molar-refractivity contribution < 1.29 is 14.6 Å². The molecule has 1 unspecified atom stereocenters. The van der Waals surface area contributed by atoms with Gasteiger partial charge < -0.3 is 14.6 Å². The maximum Gasteiger partial charge on any atom is 0.129 e. The summed E-state index contributed by atoms with van der Waals surface area (Å²) in [4.78, 5) is 0. The van der Waals surface area contributed by atoms with Gasteiger partial charge in [0.25, 0.3) is 0 Å². The second-order valence-corrected chi connectivity index (χ2v) is 3.73. The average molecular weight is 208 g/mol. The highest BCUT2D eigenvalue weighted by Crippen LogP contribution is 2.34. The molecule has 0 saturated carbocycles. The van der Waals surface area contributed by atoms with Crippen LogP contribution in [0.25, 0.3) is 0 Å². The number of aliphatic hydroxyl groups excluding tert-OH is 1. The maximum absolute atomic E-state index is 9.52. The predicted molar refractivity (Wildman–Crippen MR) is 57.3 cm³/mol. The highest BCUT2D eigenvalue weighted by molar-refractivity contribution is 5.44. The van der Waals surface area contributed by atoms with E-state index in [2.05, 4.69) is 6.92 Å². The van der Waals surface area contributed by atoms with Crippen molar-refractivity contribution >= 4 is 0 Å². The van der Waals surface area contributed by atoms with E-state index in [1.54, 1.807) is 0 Å². The van der Waals surface area contributed by atoms with Crippen molar-refractivity contribution in [1.82, 2.24) is 0 Å². The number of rotatable bonds is 4. The molecular weight excluding hydrogens is 192 g/mol. The summed E-state index contributed by atoms with van der Waals surface area (Å²) in [7, 11) is 0. The number of benzene rings is 1. The highest BCUT2D eigenvalue weighted by Gasteiger charge is 2.21. The van der Waals surface area contributed by atoms with E-state index in [1.807, 2.05) is 18.2 Å². The predicted octanol–water partition coefficient (Wildman–Crippen LogP) is 2.29. The van der Waals surface area contributed by atoms with Crippen LogP contribution in [-0.4, -0.2) is 18.3 Å². The molecule has 0 radical (unpaired) electrons. The zero-order valence-electron chi connectivity index (χ0n) is 8.90. The van der Waals surface area contributed by atoms with Gasteiger partial charge in [-0.05, 0) is 18.6 Å². The van der Waals surface area contributed by atoms with Gasteiger partial charge in [-0.1, -0.05) is 13.3 Å². The lowest BCUT2D eigenvalue weighted by Crippen LogP contribution is -1.97. The normalized spacial score (nSPS) is 18.4. The standard InChI is InChI=1S/C12H16O3/c1-2-3-6-14-9-4-5-10-11(13)8-15-12(10)7-9/h4-5,7,11,13H,2-3,6,8H2,1H3. The summed E-state index contributed by atoms with van der Waals surface area (Å²) >= 11 is 0. The average Bonchev–Trinajstić information content (AvgIpc) is 2.61. The largest absolute Gasteiger partial charge is 0.493 e. The number of ether oxygens (including phenoxy) is 2. The lowest BCUT2D eigenvalue weighted by molar-refractivity contribution is 0.140. The zero-order valence-corrected chi connectivity index (χ0v) is 8.90. The van der Waals surface area contributed by atoms with Gasteiger partial charge in [0.1, 0.15) is 24.2 Å². The second kappa shape index (κ2) is 4.53. The monoisotopic (exact) mass is 208 g/mol. The zero-order chi connectivity index (χ0) is 10.7. The van der Waals surface area contributed by atoms with Gasteiger partial charge in [-0.3, -0.25) is 0 Å². The van der Waals surface area contributed by atoms with Gasteiger partial charge in [-0.25, -0.2) is 0 Å². The van der Waals surface area contributed by atoms with Crippen LogP contribution < -0.4 is 9.47 Å². The number of unbranched alkanes of at least 4 members (excludes halogenated alkanes) is 1. The SMILES string of the molecule is CCCCOc1ccc2c(c1)OCC2O. The van der Waals surface area contributed by atoms with Gasteiger partial charge in [0, 0.05) is 11.6 Å². The molecule has 0 bridgehead atoms. The van der Waals surface area contributed by atoms with Crippen LogP contribution in [0.5, 0.6) is 11.5 Å². The minimum absolute atomic E-state index is 0.355. The summed E-state index contributed by atoms with van der Waals surface area (Å²) in [6, 6.07) is 5.60. The van der Waals surface area contributed by atoms with Gasteiger partial charge in [0.15, 0.2) is 0 Å². The molecule has 3 nitrogen and oxygen atoms in total. The first-order chi connectivity index (χ1) is 7.31. The van der Waals surface area contributed by atoms with Gasteiger partial charge in [0.05, 0.1) is 6.61 Å². The summed E-state index contributed by atoms with van der Waals surface area (Å²) in [6.45, 7) is 3.22. The molecule has 0 aromatic heterocycles. The van der Waals surface area contributed by atoms with Crippen LogP contribution in [0.1, 0.15) is 31.4 Å². The van der Waals surface area contributed by atoms with E-state index in [0.29, 0.717) is 6.61 Å². The number of hydrogen-bond donors (Lipinski definition) is 1. The Morgan fingerprint density at radius 3 is 3.20 bits per heavy atom. The summed E-state index contributed by atoms with van der Waals surface area (Å²) in [6.07, 6.45) is 1.70. The fourth-order valence-corrected chi connectivity index (χ4v) is 1.60. The van der Waals surface area contributed by atoms with Crippen LogP contribution in [0.4, 0.5) is 0 Å². The Hall–Kier alpha value is -1.22. The first-order valence-corrected chi connectivity index (χ1v) is 5.39. The lowest BCUT2D eigenvalue weighted by Gasteiger charge is -2.06. The quantitative estimate of drug-likeness (QED) is 0.771. The minimum atomic E-state index is -0.482. The van der Waals surface area contributed by atoms with Gasteiger partial charge >= 0.3 is 0 Å². The van der Waals surface area contributed by atoms with E-state index in [0.717, 1.165) is 36.5 Å².